The minimum absolute atomic E-state index is 0.00228. The van der Waals surface area contributed by atoms with Gasteiger partial charge in [0.2, 0.25) is 4.87 Å². The number of thioether (sulfide) groups is 1. The first-order valence-electron chi connectivity index (χ1n) is 5.29. The number of hydrogen-bond acceptors (Lipinski definition) is 7. The molecule has 1 aromatic carbocycles. The van der Waals surface area contributed by atoms with Crippen LogP contribution in [-0.4, -0.2) is 27.1 Å². The molecule has 0 spiro atoms. The SMILES string of the molecule is O=C(OCc1ccc([N+](=O)[O-])cc1)C1(S)CSC=N1. The van der Waals surface area contributed by atoms with E-state index in [1.54, 1.807) is 17.7 Å². The Balaban J connectivity index is 1.93. The van der Waals surface area contributed by atoms with Gasteiger partial charge >= 0.3 is 5.97 Å². The number of benzene rings is 1. The first kappa shape index (κ1) is 13.9. The summed E-state index contributed by atoms with van der Waals surface area (Å²) in [7, 11) is 0. The minimum Gasteiger partial charge on any atom is -0.458 e. The maximum absolute atomic E-state index is 11.8. The van der Waals surface area contributed by atoms with Gasteiger partial charge in [-0.3, -0.25) is 15.1 Å². The predicted molar refractivity (Wildman–Crippen MR) is 75.6 cm³/mol. The molecule has 0 bridgehead atoms. The van der Waals surface area contributed by atoms with Crippen LogP contribution >= 0.6 is 24.4 Å². The van der Waals surface area contributed by atoms with Crippen molar-refractivity contribution in [2.24, 2.45) is 4.99 Å². The lowest BCUT2D eigenvalue weighted by molar-refractivity contribution is -0.384. The highest BCUT2D eigenvalue weighted by Crippen LogP contribution is 2.29. The lowest BCUT2D eigenvalue weighted by Gasteiger charge is -2.16. The number of aliphatic imine (C=N–C) groups is 1. The number of rotatable bonds is 4. The normalized spacial score (nSPS) is 21.3. The zero-order valence-electron chi connectivity index (χ0n) is 9.68. The molecule has 1 atom stereocenters. The summed E-state index contributed by atoms with van der Waals surface area (Å²) in [5.74, 6) is -0.0784. The van der Waals surface area contributed by atoms with Gasteiger partial charge in [-0.2, -0.15) is 0 Å². The van der Waals surface area contributed by atoms with Crippen molar-refractivity contribution in [2.45, 2.75) is 11.5 Å². The number of carbonyl (C=O) groups is 1. The molecule has 0 saturated carbocycles. The van der Waals surface area contributed by atoms with Gasteiger partial charge in [0.05, 0.1) is 10.5 Å². The van der Waals surface area contributed by atoms with Gasteiger partial charge in [0.15, 0.2) is 0 Å². The Kier molecular flexibility index (Phi) is 4.11. The molecular weight excluding hydrogens is 288 g/mol. The van der Waals surface area contributed by atoms with Crippen molar-refractivity contribution >= 4 is 41.6 Å². The molecule has 0 fully saturated rings. The number of nitrogens with zero attached hydrogens (tertiary/aromatic N) is 2. The summed E-state index contributed by atoms with van der Waals surface area (Å²) in [6.45, 7) is 0.0410. The Labute approximate surface area is 118 Å². The van der Waals surface area contributed by atoms with E-state index in [2.05, 4.69) is 17.6 Å². The fourth-order valence-electron chi connectivity index (χ4n) is 1.41. The highest BCUT2D eigenvalue weighted by Gasteiger charge is 2.38. The van der Waals surface area contributed by atoms with Crippen LogP contribution in [0.4, 0.5) is 5.69 Å². The van der Waals surface area contributed by atoms with Crippen molar-refractivity contribution in [3.8, 4) is 0 Å². The Morgan fingerprint density at radius 2 is 2.21 bits per heavy atom. The van der Waals surface area contributed by atoms with Gasteiger partial charge in [0.25, 0.3) is 5.69 Å². The van der Waals surface area contributed by atoms with E-state index in [1.807, 2.05) is 0 Å². The van der Waals surface area contributed by atoms with Crippen LogP contribution in [0.2, 0.25) is 0 Å². The quantitative estimate of drug-likeness (QED) is 0.398. The van der Waals surface area contributed by atoms with Crippen molar-refractivity contribution in [1.29, 1.82) is 0 Å². The number of ether oxygens (including phenoxy) is 1. The van der Waals surface area contributed by atoms with E-state index in [0.717, 1.165) is 0 Å². The van der Waals surface area contributed by atoms with Gasteiger partial charge in [-0.15, -0.1) is 24.4 Å². The number of esters is 1. The lowest BCUT2D eigenvalue weighted by atomic mass is 10.2. The Morgan fingerprint density at radius 3 is 2.74 bits per heavy atom. The topological polar surface area (TPSA) is 81.8 Å². The fraction of sp³-hybridized carbons (Fsp3) is 0.273. The van der Waals surface area contributed by atoms with Crippen LogP contribution in [0.15, 0.2) is 29.3 Å². The molecule has 2 rings (SSSR count). The second-order valence-corrected chi connectivity index (χ2v) is 5.43. The number of nitro benzene ring substituents is 1. The van der Waals surface area contributed by atoms with E-state index in [4.69, 9.17) is 4.74 Å². The summed E-state index contributed by atoms with van der Waals surface area (Å²) >= 11 is 5.58. The van der Waals surface area contributed by atoms with Gasteiger partial charge < -0.3 is 4.74 Å². The molecule has 1 aliphatic rings. The summed E-state index contributed by atoms with van der Waals surface area (Å²) in [5, 5.41) is 10.5. The number of thiol groups is 1. The second kappa shape index (κ2) is 5.62. The highest BCUT2D eigenvalue weighted by atomic mass is 32.2. The summed E-state index contributed by atoms with van der Waals surface area (Å²) in [5.41, 5.74) is 2.24. The first-order chi connectivity index (χ1) is 9.01. The summed E-state index contributed by atoms with van der Waals surface area (Å²) in [6, 6.07) is 5.82. The lowest BCUT2D eigenvalue weighted by Crippen LogP contribution is -2.32. The van der Waals surface area contributed by atoms with E-state index < -0.39 is 15.8 Å². The van der Waals surface area contributed by atoms with Crippen LogP contribution in [0, 0.1) is 10.1 Å². The largest absolute Gasteiger partial charge is 0.458 e. The Bertz CT molecular complexity index is 532. The molecule has 0 amide bonds. The standard InChI is InChI=1S/C11H10N2O4S2/c14-10(11(18)6-19-7-12-11)17-5-8-1-3-9(4-2-8)13(15)16/h1-4,7,18H,5-6H2. The zero-order chi connectivity index (χ0) is 13.9. The molecule has 1 unspecified atom stereocenters. The van der Waals surface area contributed by atoms with Crippen LogP contribution in [-0.2, 0) is 16.1 Å². The molecule has 100 valence electrons. The van der Waals surface area contributed by atoms with E-state index >= 15 is 0 Å². The van der Waals surface area contributed by atoms with Gasteiger partial charge in [-0.1, -0.05) is 0 Å². The third-order valence-corrected chi connectivity index (χ3v) is 3.98. The van der Waals surface area contributed by atoms with Gasteiger partial charge in [-0.05, 0) is 17.7 Å². The average molecular weight is 298 g/mol. The van der Waals surface area contributed by atoms with E-state index in [9.17, 15) is 14.9 Å². The number of hydrogen-bond donors (Lipinski definition) is 1. The maximum atomic E-state index is 11.8. The highest BCUT2D eigenvalue weighted by molar-refractivity contribution is 8.13. The number of carbonyl (C=O) groups excluding carboxylic acids is 1. The molecule has 0 aromatic heterocycles. The Hall–Kier alpha value is -1.54. The summed E-state index contributed by atoms with van der Waals surface area (Å²) < 4.78 is 5.10. The zero-order valence-corrected chi connectivity index (χ0v) is 11.4. The fourth-order valence-corrected chi connectivity index (χ4v) is 2.58. The minimum atomic E-state index is -1.12. The van der Waals surface area contributed by atoms with Gasteiger partial charge in [0.1, 0.15) is 6.61 Å². The van der Waals surface area contributed by atoms with Gasteiger partial charge in [-0.25, -0.2) is 4.79 Å². The molecule has 0 N–H and O–H groups in total. The van der Waals surface area contributed by atoms with Crippen LogP contribution < -0.4 is 0 Å². The molecule has 0 saturated heterocycles. The van der Waals surface area contributed by atoms with E-state index in [-0.39, 0.29) is 12.3 Å². The van der Waals surface area contributed by atoms with Crippen LogP contribution in [0.25, 0.3) is 0 Å². The number of non-ortho nitro benzene ring substituents is 1. The molecule has 6 nitrogen and oxygen atoms in total. The Morgan fingerprint density at radius 1 is 1.53 bits per heavy atom. The second-order valence-electron chi connectivity index (χ2n) is 3.86. The molecule has 1 aliphatic heterocycles. The van der Waals surface area contributed by atoms with Gasteiger partial charge in [0, 0.05) is 17.9 Å². The van der Waals surface area contributed by atoms with E-state index in [1.165, 1.54) is 23.9 Å². The van der Waals surface area contributed by atoms with Crippen LogP contribution in [0.3, 0.4) is 0 Å². The summed E-state index contributed by atoms with van der Waals surface area (Å²) in [4.78, 5) is 24.6. The van der Waals surface area contributed by atoms with Crippen molar-refractivity contribution < 1.29 is 14.5 Å². The van der Waals surface area contributed by atoms with Crippen molar-refractivity contribution in [1.82, 2.24) is 0 Å². The molecule has 0 radical (unpaired) electrons. The molecule has 1 aromatic rings. The average Bonchev–Trinajstić information content (AvgIpc) is 2.84. The molecular formula is C11H10N2O4S2. The number of nitro groups is 1. The molecule has 19 heavy (non-hydrogen) atoms. The van der Waals surface area contributed by atoms with Crippen LogP contribution in [0.5, 0.6) is 0 Å². The first-order valence-corrected chi connectivity index (χ1v) is 6.79. The van der Waals surface area contributed by atoms with E-state index in [0.29, 0.717) is 11.3 Å². The molecule has 8 heteroatoms. The van der Waals surface area contributed by atoms with Crippen LogP contribution in [0.1, 0.15) is 5.56 Å². The summed E-state index contributed by atoms with van der Waals surface area (Å²) in [6.07, 6.45) is 0. The maximum Gasteiger partial charge on any atom is 0.345 e. The monoisotopic (exact) mass is 298 g/mol. The van der Waals surface area contributed by atoms with Crippen molar-refractivity contribution in [3.63, 3.8) is 0 Å². The van der Waals surface area contributed by atoms with Crippen molar-refractivity contribution in [3.05, 3.63) is 39.9 Å². The smallest absolute Gasteiger partial charge is 0.345 e. The van der Waals surface area contributed by atoms with Crippen molar-refractivity contribution in [2.75, 3.05) is 5.75 Å². The third kappa shape index (κ3) is 3.27. The molecule has 1 heterocycles. The predicted octanol–water partition coefficient (Wildman–Crippen LogP) is 2.04. The molecule has 0 aliphatic carbocycles. The third-order valence-electron chi connectivity index (χ3n) is 2.47.